The first kappa shape index (κ1) is 20.9. The standard InChI is InChI=1S/C21H24N2O5S/c1-12-13(2)29-20(23-19(25)14-8-9-14)18(12)21(26)28-11-17(24)22-10-15-6-4-5-7-16(15)27-3/h4-7,14H,8-11H2,1-3H3,(H,22,24)(H,23,25). The van der Waals surface area contributed by atoms with Crippen molar-refractivity contribution in [2.45, 2.75) is 33.2 Å². The molecule has 0 unspecified atom stereocenters. The molecule has 2 amide bonds. The molecule has 3 rings (SSSR count). The molecule has 2 N–H and O–H groups in total. The molecule has 1 aliphatic rings. The van der Waals surface area contributed by atoms with Crippen molar-refractivity contribution in [3.05, 3.63) is 45.8 Å². The molecule has 0 spiro atoms. The van der Waals surface area contributed by atoms with Crippen LogP contribution >= 0.6 is 11.3 Å². The van der Waals surface area contributed by atoms with Crippen molar-refractivity contribution in [1.29, 1.82) is 0 Å². The second-order valence-corrected chi connectivity index (χ2v) is 8.14. The maximum absolute atomic E-state index is 12.6. The lowest BCUT2D eigenvalue weighted by molar-refractivity contribution is -0.124. The molecule has 1 aromatic carbocycles. The van der Waals surface area contributed by atoms with Crippen molar-refractivity contribution in [2.75, 3.05) is 19.0 Å². The zero-order valence-electron chi connectivity index (χ0n) is 16.7. The van der Waals surface area contributed by atoms with Crippen molar-refractivity contribution in [1.82, 2.24) is 5.32 Å². The first-order valence-corrected chi connectivity index (χ1v) is 10.2. The second-order valence-electron chi connectivity index (χ2n) is 6.92. The van der Waals surface area contributed by atoms with Gasteiger partial charge >= 0.3 is 5.97 Å². The average molecular weight is 416 g/mol. The van der Waals surface area contributed by atoms with Gasteiger partial charge in [0.15, 0.2) is 6.61 Å². The zero-order valence-corrected chi connectivity index (χ0v) is 17.5. The molecule has 8 heteroatoms. The van der Waals surface area contributed by atoms with E-state index in [0.717, 1.165) is 28.8 Å². The highest BCUT2D eigenvalue weighted by Gasteiger charge is 2.31. The van der Waals surface area contributed by atoms with Crippen LogP contribution in [-0.4, -0.2) is 31.5 Å². The fraction of sp³-hybridized carbons (Fsp3) is 0.381. The molecular formula is C21H24N2O5S. The van der Waals surface area contributed by atoms with Crippen LogP contribution in [0.5, 0.6) is 5.75 Å². The molecule has 2 aromatic rings. The number of ether oxygens (including phenoxy) is 2. The first-order valence-electron chi connectivity index (χ1n) is 9.37. The molecule has 0 aliphatic heterocycles. The Morgan fingerprint density at radius 1 is 1.17 bits per heavy atom. The van der Waals surface area contributed by atoms with E-state index in [2.05, 4.69) is 10.6 Å². The Labute approximate surface area is 173 Å². The number of rotatable bonds is 8. The van der Waals surface area contributed by atoms with Gasteiger partial charge in [-0.15, -0.1) is 11.3 Å². The second kappa shape index (κ2) is 9.09. The number of aryl methyl sites for hydroxylation is 1. The Bertz CT molecular complexity index is 933. The van der Waals surface area contributed by atoms with Gasteiger partial charge < -0.3 is 20.1 Å². The molecule has 0 bridgehead atoms. The van der Waals surface area contributed by atoms with E-state index in [-0.39, 0.29) is 18.4 Å². The van der Waals surface area contributed by atoms with Gasteiger partial charge in [0.2, 0.25) is 5.91 Å². The Morgan fingerprint density at radius 2 is 1.90 bits per heavy atom. The summed E-state index contributed by atoms with van der Waals surface area (Å²) in [4.78, 5) is 37.7. The van der Waals surface area contributed by atoms with E-state index in [1.54, 1.807) is 20.1 Å². The van der Waals surface area contributed by atoms with Gasteiger partial charge in [-0.1, -0.05) is 18.2 Å². The minimum Gasteiger partial charge on any atom is -0.496 e. The Morgan fingerprint density at radius 3 is 2.59 bits per heavy atom. The fourth-order valence-electron chi connectivity index (χ4n) is 2.82. The summed E-state index contributed by atoms with van der Waals surface area (Å²) in [6.45, 7) is 3.54. The van der Waals surface area contributed by atoms with E-state index in [1.807, 2.05) is 25.1 Å². The molecule has 29 heavy (non-hydrogen) atoms. The number of amides is 2. The smallest absolute Gasteiger partial charge is 0.341 e. The van der Waals surface area contributed by atoms with Crippen molar-refractivity contribution in [2.24, 2.45) is 5.92 Å². The van der Waals surface area contributed by atoms with Crippen LogP contribution in [0.15, 0.2) is 24.3 Å². The van der Waals surface area contributed by atoms with E-state index in [1.165, 1.54) is 11.3 Å². The van der Waals surface area contributed by atoms with Crippen LogP contribution in [0.25, 0.3) is 0 Å². The number of carbonyl (C=O) groups excluding carboxylic acids is 3. The van der Waals surface area contributed by atoms with Gasteiger partial charge in [0, 0.05) is 22.9 Å². The monoisotopic (exact) mass is 416 g/mol. The normalized spacial score (nSPS) is 12.9. The van der Waals surface area contributed by atoms with Crippen LogP contribution in [0.4, 0.5) is 5.00 Å². The first-order chi connectivity index (χ1) is 13.9. The molecule has 0 saturated heterocycles. The molecule has 0 radical (unpaired) electrons. The van der Waals surface area contributed by atoms with Crippen molar-refractivity contribution in [3.63, 3.8) is 0 Å². The third-order valence-electron chi connectivity index (χ3n) is 4.78. The lowest BCUT2D eigenvalue weighted by Gasteiger charge is -2.10. The topological polar surface area (TPSA) is 93.7 Å². The lowest BCUT2D eigenvalue weighted by atomic mass is 10.1. The van der Waals surface area contributed by atoms with Crippen LogP contribution in [0, 0.1) is 19.8 Å². The summed E-state index contributed by atoms with van der Waals surface area (Å²) < 4.78 is 10.4. The third kappa shape index (κ3) is 5.14. The maximum Gasteiger partial charge on any atom is 0.341 e. The highest BCUT2D eigenvalue weighted by molar-refractivity contribution is 7.16. The summed E-state index contributed by atoms with van der Waals surface area (Å²) in [5.41, 5.74) is 1.89. The van der Waals surface area contributed by atoms with Crippen molar-refractivity contribution >= 4 is 34.1 Å². The number of para-hydroxylation sites is 1. The van der Waals surface area contributed by atoms with Gasteiger partial charge in [-0.2, -0.15) is 0 Å². The summed E-state index contributed by atoms with van der Waals surface area (Å²) in [7, 11) is 1.56. The highest BCUT2D eigenvalue weighted by Crippen LogP contribution is 2.36. The minimum absolute atomic E-state index is 0.0299. The molecular weight excluding hydrogens is 392 g/mol. The number of hydrogen-bond donors (Lipinski definition) is 2. The van der Waals surface area contributed by atoms with Crippen LogP contribution in [0.2, 0.25) is 0 Å². The molecule has 7 nitrogen and oxygen atoms in total. The summed E-state index contributed by atoms with van der Waals surface area (Å²) in [6, 6.07) is 7.35. The third-order valence-corrected chi connectivity index (χ3v) is 5.90. The van der Waals surface area contributed by atoms with Crippen LogP contribution in [0.3, 0.4) is 0 Å². The number of carbonyl (C=O) groups is 3. The van der Waals surface area contributed by atoms with E-state index in [9.17, 15) is 14.4 Å². The van der Waals surface area contributed by atoms with E-state index in [4.69, 9.17) is 9.47 Å². The molecule has 0 atom stereocenters. The Balaban J connectivity index is 1.57. The summed E-state index contributed by atoms with van der Waals surface area (Å²) in [6.07, 6.45) is 1.75. The number of anilines is 1. The summed E-state index contributed by atoms with van der Waals surface area (Å²) in [5, 5.41) is 6.02. The van der Waals surface area contributed by atoms with Crippen LogP contribution in [0.1, 0.15) is 39.2 Å². The van der Waals surface area contributed by atoms with Crippen molar-refractivity contribution in [3.8, 4) is 5.75 Å². The maximum atomic E-state index is 12.6. The molecule has 1 aromatic heterocycles. The summed E-state index contributed by atoms with van der Waals surface area (Å²) >= 11 is 1.34. The van der Waals surface area contributed by atoms with Gasteiger partial charge in [0.05, 0.1) is 12.7 Å². The van der Waals surface area contributed by atoms with E-state index in [0.29, 0.717) is 16.3 Å². The van der Waals surface area contributed by atoms with Gasteiger partial charge in [-0.05, 0) is 38.3 Å². The number of benzene rings is 1. The molecule has 154 valence electrons. The lowest BCUT2D eigenvalue weighted by Crippen LogP contribution is -2.28. The summed E-state index contributed by atoms with van der Waals surface area (Å²) in [5.74, 6) is -0.412. The largest absolute Gasteiger partial charge is 0.496 e. The number of esters is 1. The van der Waals surface area contributed by atoms with Crippen LogP contribution < -0.4 is 15.4 Å². The predicted octanol–water partition coefficient (Wildman–Crippen LogP) is 3.20. The molecule has 1 aliphatic carbocycles. The molecule has 1 fully saturated rings. The number of hydrogen-bond acceptors (Lipinski definition) is 6. The van der Waals surface area contributed by atoms with Crippen molar-refractivity contribution < 1.29 is 23.9 Å². The Kier molecular flexibility index (Phi) is 6.53. The van der Waals surface area contributed by atoms with Gasteiger partial charge in [0.1, 0.15) is 10.8 Å². The SMILES string of the molecule is COc1ccccc1CNC(=O)COC(=O)c1c(NC(=O)C2CC2)sc(C)c1C. The molecule has 1 saturated carbocycles. The predicted molar refractivity (Wildman–Crippen MR) is 110 cm³/mol. The number of nitrogens with one attached hydrogen (secondary N) is 2. The fourth-order valence-corrected chi connectivity index (χ4v) is 3.87. The highest BCUT2D eigenvalue weighted by atomic mass is 32.1. The average Bonchev–Trinajstić information content (AvgIpc) is 3.52. The van der Waals surface area contributed by atoms with E-state index >= 15 is 0 Å². The number of methoxy groups -OCH3 is 1. The number of thiophene rings is 1. The quantitative estimate of drug-likeness (QED) is 0.645. The van der Waals surface area contributed by atoms with Gasteiger partial charge in [-0.25, -0.2) is 4.79 Å². The van der Waals surface area contributed by atoms with Crippen LogP contribution in [-0.2, 0) is 20.9 Å². The molecule has 1 heterocycles. The van der Waals surface area contributed by atoms with Gasteiger partial charge in [0.25, 0.3) is 5.91 Å². The zero-order chi connectivity index (χ0) is 21.0. The van der Waals surface area contributed by atoms with Gasteiger partial charge in [-0.3, -0.25) is 9.59 Å². The minimum atomic E-state index is -0.620. The van der Waals surface area contributed by atoms with E-state index < -0.39 is 18.5 Å². The Hall–Kier alpha value is -2.87.